The van der Waals surface area contributed by atoms with E-state index in [-0.39, 0.29) is 21.8 Å². The molecule has 3 rings (SSSR count). The zero-order chi connectivity index (χ0) is 22.1. The molecule has 0 atom stereocenters. The zero-order valence-electron chi connectivity index (χ0n) is 17.1. The van der Waals surface area contributed by atoms with Crippen LogP contribution in [0.25, 0.3) is 0 Å². The van der Waals surface area contributed by atoms with E-state index in [4.69, 9.17) is 0 Å². The van der Waals surface area contributed by atoms with Crippen molar-refractivity contribution in [2.45, 2.75) is 24.7 Å². The van der Waals surface area contributed by atoms with Crippen LogP contribution in [0.1, 0.15) is 28.8 Å². The number of aryl methyl sites for hydroxylation is 1. The summed E-state index contributed by atoms with van der Waals surface area (Å²) in [5.41, 5.74) is 1.35. The summed E-state index contributed by atoms with van der Waals surface area (Å²) in [5, 5.41) is 14.2. The van der Waals surface area contributed by atoms with E-state index < -0.39 is 20.9 Å². The molecule has 1 aliphatic heterocycles. The first-order chi connectivity index (χ1) is 14.1. The third kappa shape index (κ3) is 4.29. The molecule has 0 saturated carbocycles. The topological polar surface area (TPSA) is 113 Å². The summed E-state index contributed by atoms with van der Waals surface area (Å²) >= 11 is 0. The average molecular weight is 433 g/mol. The summed E-state index contributed by atoms with van der Waals surface area (Å²) in [6, 6.07) is 8.97. The lowest BCUT2D eigenvalue weighted by Gasteiger charge is -2.18. The van der Waals surface area contributed by atoms with E-state index in [1.54, 1.807) is 31.2 Å². The SMILES string of the molecule is Cc1ccc(NC(=O)c2ccc(N3CCCC3)c([N+](=O)[O-])c2)cc1S(=O)(=O)N(C)C. The minimum atomic E-state index is -3.68. The summed E-state index contributed by atoms with van der Waals surface area (Å²) < 4.78 is 26.1. The van der Waals surface area contributed by atoms with E-state index in [1.165, 1.54) is 26.2 Å². The Morgan fingerprint density at radius 2 is 1.80 bits per heavy atom. The number of rotatable bonds is 6. The van der Waals surface area contributed by atoms with E-state index in [2.05, 4.69) is 5.32 Å². The lowest BCUT2D eigenvalue weighted by atomic mass is 10.1. The van der Waals surface area contributed by atoms with Crippen LogP contribution in [-0.4, -0.2) is 50.7 Å². The smallest absolute Gasteiger partial charge is 0.293 e. The second-order valence-corrected chi connectivity index (χ2v) is 9.50. The first-order valence-electron chi connectivity index (χ1n) is 9.49. The maximum Gasteiger partial charge on any atom is 0.293 e. The molecule has 2 aromatic rings. The third-order valence-corrected chi connectivity index (χ3v) is 7.04. The Morgan fingerprint density at radius 3 is 2.40 bits per heavy atom. The number of hydrogen-bond acceptors (Lipinski definition) is 6. The van der Waals surface area contributed by atoms with E-state index in [0.29, 0.717) is 11.3 Å². The maximum atomic E-state index is 12.7. The standard InChI is InChI=1S/C20H24N4O5S/c1-14-6-8-16(13-19(14)30(28,29)22(2)3)21-20(25)15-7-9-17(18(12-15)24(26)27)23-10-4-5-11-23/h6-9,12-13H,4-5,10-11H2,1-3H3,(H,21,25). The molecule has 0 unspecified atom stereocenters. The predicted molar refractivity (Wildman–Crippen MR) is 115 cm³/mol. The molecule has 1 fully saturated rings. The van der Waals surface area contributed by atoms with E-state index in [1.807, 2.05) is 4.90 Å². The number of nitro groups is 1. The Morgan fingerprint density at radius 1 is 1.13 bits per heavy atom. The molecule has 0 bridgehead atoms. The van der Waals surface area contributed by atoms with Gasteiger partial charge in [0.1, 0.15) is 5.69 Å². The highest BCUT2D eigenvalue weighted by Crippen LogP contribution is 2.32. The van der Waals surface area contributed by atoms with Crippen LogP contribution < -0.4 is 10.2 Å². The monoisotopic (exact) mass is 432 g/mol. The fourth-order valence-electron chi connectivity index (χ4n) is 3.39. The highest BCUT2D eigenvalue weighted by Gasteiger charge is 2.24. The second kappa shape index (κ2) is 8.41. The maximum absolute atomic E-state index is 12.7. The van der Waals surface area contributed by atoms with Gasteiger partial charge < -0.3 is 10.2 Å². The van der Waals surface area contributed by atoms with Crippen molar-refractivity contribution in [1.29, 1.82) is 0 Å². The van der Waals surface area contributed by atoms with E-state index in [0.717, 1.165) is 30.2 Å². The quantitative estimate of drug-likeness (QED) is 0.555. The van der Waals surface area contributed by atoms with Crippen LogP contribution in [0.5, 0.6) is 0 Å². The van der Waals surface area contributed by atoms with Gasteiger partial charge in [-0.25, -0.2) is 12.7 Å². The molecule has 1 saturated heterocycles. The number of carbonyl (C=O) groups excluding carboxylic acids is 1. The number of sulfonamides is 1. The fraction of sp³-hybridized carbons (Fsp3) is 0.350. The number of nitrogens with one attached hydrogen (secondary N) is 1. The number of amides is 1. The Balaban J connectivity index is 1.89. The van der Waals surface area contributed by atoms with Crippen LogP contribution in [-0.2, 0) is 10.0 Å². The van der Waals surface area contributed by atoms with Crippen molar-refractivity contribution in [3.05, 3.63) is 57.6 Å². The molecule has 1 amide bonds. The third-order valence-electron chi connectivity index (χ3n) is 5.09. The van der Waals surface area contributed by atoms with Crippen molar-refractivity contribution in [3.63, 3.8) is 0 Å². The molecule has 1 aliphatic rings. The average Bonchev–Trinajstić information content (AvgIpc) is 3.23. The van der Waals surface area contributed by atoms with E-state index >= 15 is 0 Å². The fourth-order valence-corrected chi connectivity index (χ4v) is 4.54. The molecule has 1 heterocycles. The van der Waals surface area contributed by atoms with Gasteiger partial charge in [0, 0.05) is 44.5 Å². The normalized spacial score (nSPS) is 14.2. The Hall–Kier alpha value is -2.98. The van der Waals surface area contributed by atoms with Gasteiger partial charge >= 0.3 is 0 Å². The number of nitro benzene ring substituents is 1. The Labute approximate surface area is 175 Å². The molecule has 9 nitrogen and oxygen atoms in total. The van der Waals surface area contributed by atoms with E-state index in [9.17, 15) is 23.3 Å². The minimum absolute atomic E-state index is 0.0839. The molecule has 0 aliphatic carbocycles. The Kier molecular flexibility index (Phi) is 6.09. The van der Waals surface area contributed by atoms with Crippen molar-refractivity contribution < 1.29 is 18.1 Å². The molecule has 0 aromatic heterocycles. The molecule has 0 spiro atoms. The van der Waals surface area contributed by atoms with Gasteiger partial charge in [0.05, 0.1) is 9.82 Å². The first-order valence-corrected chi connectivity index (χ1v) is 10.9. The molecule has 10 heteroatoms. The van der Waals surface area contributed by atoms with Crippen LogP contribution in [0, 0.1) is 17.0 Å². The second-order valence-electron chi connectivity index (χ2n) is 7.38. The van der Waals surface area contributed by atoms with Gasteiger partial charge in [-0.1, -0.05) is 6.07 Å². The molecular formula is C20H24N4O5S. The summed E-state index contributed by atoms with van der Waals surface area (Å²) in [6.07, 6.45) is 1.95. The molecule has 160 valence electrons. The van der Waals surface area contributed by atoms with Crippen LogP contribution in [0.2, 0.25) is 0 Å². The number of benzene rings is 2. The van der Waals surface area contributed by atoms with Crippen molar-refractivity contribution in [2.24, 2.45) is 0 Å². The molecular weight excluding hydrogens is 408 g/mol. The van der Waals surface area contributed by atoms with Gasteiger partial charge in [-0.3, -0.25) is 14.9 Å². The minimum Gasteiger partial charge on any atom is -0.366 e. The van der Waals surface area contributed by atoms with Gasteiger partial charge in [-0.15, -0.1) is 0 Å². The molecule has 30 heavy (non-hydrogen) atoms. The van der Waals surface area contributed by atoms with Crippen molar-refractivity contribution in [3.8, 4) is 0 Å². The summed E-state index contributed by atoms with van der Waals surface area (Å²) in [6.45, 7) is 3.17. The zero-order valence-corrected chi connectivity index (χ0v) is 17.9. The highest BCUT2D eigenvalue weighted by molar-refractivity contribution is 7.89. The van der Waals surface area contributed by atoms with Gasteiger partial charge in [0.25, 0.3) is 11.6 Å². The van der Waals surface area contributed by atoms with Crippen LogP contribution in [0.3, 0.4) is 0 Å². The van der Waals surface area contributed by atoms with Crippen molar-refractivity contribution in [2.75, 3.05) is 37.4 Å². The first kappa shape index (κ1) is 21.7. The van der Waals surface area contributed by atoms with Gasteiger partial charge in [-0.05, 0) is 49.6 Å². The molecule has 2 aromatic carbocycles. The van der Waals surface area contributed by atoms with Gasteiger partial charge in [-0.2, -0.15) is 0 Å². The number of anilines is 2. The predicted octanol–water partition coefficient (Wildman–Crippen LogP) is 3.01. The Bertz CT molecular complexity index is 1090. The van der Waals surface area contributed by atoms with Crippen molar-refractivity contribution in [1.82, 2.24) is 4.31 Å². The lowest BCUT2D eigenvalue weighted by Crippen LogP contribution is -2.23. The number of hydrogen-bond donors (Lipinski definition) is 1. The van der Waals surface area contributed by atoms with Crippen LogP contribution >= 0.6 is 0 Å². The molecule has 0 radical (unpaired) electrons. The largest absolute Gasteiger partial charge is 0.366 e. The van der Waals surface area contributed by atoms with Gasteiger partial charge in [0.15, 0.2) is 0 Å². The highest BCUT2D eigenvalue weighted by atomic mass is 32.2. The summed E-state index contributed by atoms with van der Waals surface area (Å²) in [7, 11) is -0.813. The van der Waals surface area contributed by atoms with Crippen molar-refractivity contribution >= 4 is 33.0 Å². The molecule has 1 N–H and O–H groups in total. The van der Waals surface area contributed by atoms with Crippen LogP contribution in [0.15, 0.2) is 41.3 Å². The summed E-state index contributed by atoms with van der Waals surface area (Å²) in [5.74, 6) is -0.553. The number of nitrogens with zero attached hydrogens (tertiary/aromatic N) is 3. The number of carbonyl (C=O) groups is 1. The van der Waals surface area contributed by atoms with Gasteiger partial charge in [0.2, 0.25) is 10.0 Å². The summed E-state index contributed by atoms with van der Waals surface area (Å²) in [4.78, 5) is 25.8. The van der Waals surface area contributed by atoms with Crippen LogP contribution in [0.4, 0.5) is 17.1 Å². The lowest BCUT2D eigenvalue weighted by molar-refractivity contribution is -0.384.